The lowest BCUT2D eigenvalue weighted by atomic mass is 9.92. The molecule has 0 N–H and O–H groups in total. The molecule has 15 heavy (non-hydrogen) atoms. The van der Waals surface area contributed by atoms with Gasteiger partial charge >= 0.3 is 0 Å². The molecule has 1 atom stereocenters. The van der Waals surface area contributed by atoms with Crippen LogP contribution >= 0.6 is 12.6 Å². The van der Waals surface area contributed by atoms with Gasteiger partial charge in [0.05, 0.1) is 0 Å². The van der Waals surface area contributed by atoms with Crippen LogP contribution in [-0.4, -0.2) is 30.3 Å². The highest BCUT2D eigenvalue weighted by Crippen LogP contribution is 2.22. The zero-order chi connectivity index (χ0) is 11.3. The molecule has 1 nitrogen and oxygen atoms in total. The molecule has 0 aromatic rings. The molecule has 1 rings (SSSR count). The van der Waals surface area contributed by atoms with Gasteiger partial charge in [0.1, 0.15) is 0 Å². The van der Waals surface area contributed by atoms with Crippen LogP contribution in [0.4, 0.5) is 0 Å². The summed E-state index contributed by atoms with van der Waals surface area (Å²) in [6.45, 7) is 10.9. The maximum Gasteiger partial charge on any atom is 0.00199 e. The van der Waals surface area contributed by atoms with Crippen molar-refractivity contribution in [2.75, 3.05) is 25.4 Å². The van der Waals surface area contributed by atoms with E-state index in [0.717, 1.165) is 23.5 Å². The van der Waals surface area contributed by atoms with Crippen LogP contribution in [0.25, 0.3) is 0 Å². The Bertz CT molecular complexity index is 162. The molecule has 1 fully saturated rings. The molecule has 0 amide bonds. The van der Waals surface area contributed by atoms with Crippen molar-refractivity contribution < 1.29 is 0 Å². The van der Waals surface area contributed by atoms with Gasteiger partial charge in [-0.05, 0) is 49.4 Å². The zero-order valence-corrected chi connectivity index (χ0v) is 11.5. The normalized spacial score (nSPS) is 22.2. The van der Waals surface area contributed by atoms with Crippen molar-refractivity contribution in [1.29, 1.82) is 0 Å². The fourth-order valence-corrected chi connectivity index (χ4v) is 2.93. The second-order valence-corrected chi connectivity index (χ2v) is 5.70. The number of thiol groups is 1. The molecule has 0 bridgehead atoms. The van der Waals surface area contributed by atoms with Gasteiger partial charge in [-0.1, -0.05) is 27.2 Å². The molecule has 0 aromatic heterocycles. The minimum Gasteiger partial charge on any atom is -0.303 e. The van der Waals surface area contributed by atoms with Crippen LogP contribution < -0.4 is 0 Å². The molecular formula is C13H27NS. The van der Waals surface area contributed by atoms with Crippen molar-refractivity contribution in [3.63, 3.8) is 0 Å². The molecule has 0 aromatic carbocycles. The minimum atomic E-state index is 0.770. The largest absolute Gasteiger partial charge is 0.303 e. The quantitative estimate of drug-likeness (QED) is 0.708. The summed E-state index contributed by atoms with van der Waals surface area (Å²) < 4.78 is 0. The molecule has 1 unspecified atom stereocenters. The number of likely N-dealkylation sites (tertiary alicyclic amines) is 1. The van der Waals surface area contributed by atoms with Gasteiger partial charge < -0.3 is 4.90 Å². The first-order chi connectivity index (χ1) is 7.17. The second kappa shape index (κ2) is 6.80. The number of rotatable bonds is 5. The van der Waals surface area contributed by atoms with E-state index in [4.69, 9.17) is 0 Å². The third-order valence-electron chi connectivity index (χ3n) is 3.95. The first kappa shape index (κ1) is 13.4. The summed E-state index contributed by atoms with van der Waals surface area (Å²) >= 11 is 4.46. The molecule has 1 heterocycles. The van der Waals surface area contributed by atoms with E-state index < -0.39 is 0 Å². The standard InChI is InChI=1S/C13H27NS/c1-4-12-5-7-14(8-6-12)9-13(10-15)11(2)3/h11-13,15H,4-10H2,1-3H3. The van der Waals surface area contributed by atoms with E-state index in [1.165, 1.54) is 38.9 Å². The average Bonchev–Trinajstić information content (AvgIpc) is 2.26. The van der Waals surface area contributed by atoms with Gasteiger partial charge in [0.25, 0.3) is 0 Å². The third-order valence-corrected chi connectivity index (χ3v) is 4.42. The fraction of sp³-hybridized carbons (Fsp3) is 1.00. The van der Waals surface area contributed by atoms with Gasteiger partial charge in [-0.25, -0.2) is 0 Å². The molecule has 0 saturated carbocycles. The number of nitrogens with zero attached hydrogens (tertiary/aromatic N) is 1. The van der Waals surface area contributed by atoms with Crippen molar-refractivity contribution in [1.82, 2.24) is 4.90 Å². The summed E-state index contributed by atoms with van der Waals surface area (Å²) in [5.41, 5.74) is 0. The predicted molar refractivity (Wildman–Crippen MR) is 71.6 cm³/mol. The Morgan fingerprint density at radius 3 is 2.27 bits per heavy atom. The van der Waals surface area contributed by atoms with Crippen molar-refractivity contribution in [2.45, 2.75) is 40.0 Å². The molecule has 0 radical (unpaired) electrons. The monoisotopic (exact) mass is 229 g/mol. The van der Waals surface area contributed by atoms with Crippen LogP contribution in [-0.2, 0) is 0 Å². The van der Waals surface area contributed by atoms with E-state index in [-0.39, 0.29) is 0 Å². The Balaban J connectivity index is 2.28. The molecule has 2 heteroatoms. The van der Waals surface area contributed by atoms with Gasteiger partial charge in [0.2, 0.25) is 0 Å². The topological polar surface area (TPSA) is 3.24 Å². The van der Waals surface area contributed by atoms with Gasteiger partial charge in [-0.3, -0.25) is 0 Å². The van der Waals surface area contributed by atoms with Gasteiger partial charge in [0.15, 0.2) is 0 Å². The van der Waals surface area contributed by atoms with E-state index >= 15 is 0 Å². The number of piperidine rings is 1. The highest BCUT2D eigenvalue weighted by atomic mass is 32.1. The van der Waals surface area contributed by atoms with E-state index in [9.17, 15) is 0 Å². The Morgan fingerprint density at radius 1 is 1.27 bits per heavy atom. The summed E-state index contributed by atoms with van der Waals surface area (Å²) in [7, 11) is 0. The number of hydrogen-bond donors (Lipinski definition) is 1. The Morgan fingerprint density at radius 2 is 1.87 bits per heavy atom. The SMILES string of the molecule is CCC1CCN(CC(CS)C(C)C)CC1. The summed E-state index contributed by atoms with van der Waals surface area (Å²) in [6, 6.07) is 0. The fourth-order valence-electron chi connectivity index (χ4n) is 2.39. The zero-order valence-electron chi connectivity index (χ0n) is 10.6. The third kappa shape index (κ3) is 4.36. The Labute approximate surface area is 101 Å². The molecule has 1 aliphatic rings. The van der Waals surface area contributed by atoms with E-state index in [1.807, 2.05) is 0 Å². The number of hydrogen-bond acceptors (Lipinski definition) is 2. The maximum absolute atomic E-state index is 4.46. The van der Waals surface area contributed by atoms with Gasteiger partial charge in [-0.15, -0.1) is 0 Å². The van der Waals surface area contributed by atoms with Crippen LogP contribution in [0.3, 0.4) is 0 Å². The van der Waals surface area contributed by atoms with Crippen LogP contribution in [0.15, 0.2) is 0 Å². The molecule has 1 aliphatic heterocycles. The summed E-state index contributed by atoms with van der Waals surface area (Å²) in [5.74, 6) is 3.57. The highest BCUT2D eigenvalue weighted by Gasteiger charge is 2.21. The summed E-state index contributed by atoms with van der Waals surface area (Å²) in [4.78, 5) is 2.65. The van der Waals surface area contributed by atoms with Crippen LogP contribution in [0, 0.1) is 17.8 Å². The molecule has 90 valence electrons. The first-order valence-electron chi connectivity index (χ1n) is 6.50. The van der Waals surface area contributed by atoms with Crippen LogP contribution in [0.5, 0.6) is 0 Å². The van der Waals surface area contributed by atoms with E-state index in [1.54, 1.807) is 0 Å². The van der Waals surface area contributed by atoms with Gasteiger partial charge in [-0.2, -0.15) is 12.6 Å². The van der Waals surface area contributed by atoms with E-state index in [2.05, 4.69) is 38.3 Å². The smallest absolute Gasteiger partial charge is 0.00199 e. The van der Waals surface area contributed by atoms with Crippen molar-refractivity contribution in [2.24, 2.45) is 17.8 Å². The lowest BCUT2D eigenvalue weighted by molar-refractivity contribution is 0.150. The summed E-state index contributed by atoms with van der Waals surface area (Å²) in [5, 5.41) is 0. The van der Waals surface area contributed by atoms with E-state index in [0.29, 0.717) is 0 Å². The average molecular weight is 229 g/mol. The van der Waals surface area contributed by atoms with Crippen molar-refractivity contribution in [3.05, 3.63) is 0 Å². The van der Waals surface area contributed by atoms with Crippen LogP contribution in [0.1, 0.15) is 40.0 Å². The maximum atomic E-state index is 4.46. The molecule has 1 saturated heterocycles. The van der Waals surface area contributed by atoms with Crippen molar-refractivity contribution in [3.8, 4) is 0 Å². The highest BCUT2D eigenvalue weighted by molar-refractivity contribution is 7.80. The van der Waals surface area contributed by atoms with Crippen molar-refractivity contribution >= 4 is 12.6 Å². The second-order valence-electron chi connectivity index (χ2n) is 5.34. The van der Waals surface area contributed by atoms with Gasteiger partial charge in [0, 0.05) is 6.54 Å². The molecule has 0 aliphatic carbocycles. The summed E-state index contributed by atoms with van der Waals surface area (Å²) in [6.07, 6.45) is 4.19. The lowest BCUT2D eigenvalue weighted by Crippen LogP contribution is -2.38. The Hall–Kier alpha value is 0.310. The lowest BCUT2D eigenvalue weighted by Gasteiger charge is -2.34. The minimum absolute atomic E-state index is 0.770. The molecule has 0 spiro atoms. The molecular weight excluding hydrogens is 202 g/mol. The predicted octanol–water partition coefficient (Wildman–Crippen LogP) is 3.31. The first-order valence-corrected chi connectivity index (χ1v) is 7.13. The Kier molecular flexibility index (Phi) is 6.06. The van der Waals surface area contributed by atoms with Crippen LogP contribution in [0.2, 0.25) is 0 Å².